The zero-order chi connectivity index (χ0) is 17.3. The molecular weight excluding hydrogens is 302 g/mol. The Morgan fingerprint density at radius 3 is 2.75 bits per heavy atom. The minimum Gasteiger partial charge on any atom is -0.459 e. The van der Waals surface area contributed by atoms with E-state index in [0.29, 0.717) is 6.04 Å². The van der Waals surface area contributed by atoms with Crippen molar-refractivity contribution in [1.82, 2.24) is 15.1 Å². The monoisotopic (exact) mass is 329 g/mol. The Balaban J connectivity index is 1.65. The lowest BCUT2D eigenvalue weighted by Crippen LogP contribution is -2.57. The van der Waals surface area contributed by atoms with Crippen LogP contribution in [0, 0.1) is 0 Å². The summed E-state index contributed by atoms with van der Waals surface area (Å²) in [6.07, 6.45) is 0. The SMILES string of the molecule is CC(NC(=O)C(C)N1CCN(C)CC1C)c1cc2ccccc2o1. The second kappa shape index (κ2) is 6.95. The summed E-state index contributed by atoms with van der Waals surface area (Å²) < 4.78 is 5.86. The lowest BCUT2D eigenvalue weighted by molar-refractivity contribution is -0.128. The molecule has 1 N–H and O–H groups in total. The molecule has 1 fully saturated rings. The van der Waals surface area contributed by atoms with Crippen LogP contribution in [0.2, 0.25) is 0 Å². The van der Waals surface area contributed by atoms with Gasteiger partial charge in [-0.3, -0.25) is 9.69 Å². The molecule has 0 radical (unpaired) electrons. The molecule has 1 saturated heterocycles. The molecule has 0 spiro atoms. The molecule has 5 heteroatoms. The molecule has 24 heavy (non-hydrogen) atoms. The zero-order valence-corrected chi connectivity index (χ0v) is 15.0. The first kappa shape index (κ1) is 17.0. The summed E-state index contributed by atoms with van der Waals surface area (Å²) in [7, 11) is 2.13. The van der Waals surface area contributed by atoms with E-state index in [0.717, 1.165) is 36.4 Å². The Hall–Kier alpha value is -1.85. The van der Waals surface area contributed by atoms with Crippen molar-refractivity contribution in [3.63, 3.8) is 0 Å². The van der Waals surface area contributed by atoms with Crippen LogP contribution in [0.4, 0.5) is 0 Å². The molecule has 2 aromatic rings. The third-order valence-electron chi connectivity index (χ3n) is 4.99. The van der Waals surface area contributed by atoms with Crippen LogP contribution in [-0.4, -0.2) is 54.5 Å². The first-order valence-electron chi connectivity index (χ1n) is 8.69. The number of fused-ring (bicyclic) bond motifs is 1. The van der Waals surface area contributed by atoms with Gasteiger partial charge < -0.3 is 14.6 Å². The van der Waals surface area contributed by atoms with E-state index in [1.54, 1.807) is 0 Å². The molecule has 130 valence electrons. The number of hydrogen-bond donors (Lipinski definition) is 1. The van der Waals surface area contributed by atoms with Gasteiger partial charge in [0.2, 0.25) is 5.91 Å². The summed E-state index contributed by atoms with van der Waals surface area (Å²) in [5, 5.41) is 4.16. The van der Waals surface area contributed by atoms with Crippen LogP contribution < -0.4 is 5.32 Å². The van der Waals surface area contributed by atoms with Gasteiger partial charge in [-0.15, -0.1) is 0 Å². The van der Waals surface area contributed by atoms with Gasteiger partial charge in [0.25, 0.3) is 0 Å². The maximum Gasteiger partial charge on any atom is 0.237 e. The Morgan fingerprint density at radius 2 is 2.04 bits per heavy atom. The van der Waals surface area contributed by atoms with E-state index >= 15 is 0 Å². The van der Waals surface area contributed by atoms with Crippen molar-refractivity contribution in [3.8, 4) is 0 Å². The number of likely N-dealkylation sites (N-methyl/N-ethyl adjacent to an activating group) is 1. The van der Waals surface area contributed by atoms with Crippen molar-refractivity contribution in [3.05, 3.63) is 36.1 Å². The van der Waals surface area contributed by atoms with Crippen molar-refractivity contribution >= 4 is 16.9 Å². The van der Waals surface area contributed by atoms with Crippen LogP contribution in [0.15, 0.2) is 34.7 Å². The van der Waals surface area contributed by atoms with E-state index in [9.17, 15) is 4.79 Å². The lowest BCUT2D eigenvalue weighted by Gasteiger charge is -2.41. The van der Waals surface area contributed by atoms with Gasteiger partial charge in [-0.2, -0.15) is 0 Å². The highest BCUT2D eigenvalue weighted by Crippen LogP contribution is 2.24. The van der Waals surface area contributed by atoms with Crippen LogP contribution in [0.1, 0.15) is 32.6 Å². The molecule has 3 atom stereocenters. The zero-order valence-electron chi connectivity index (χ0n) is 15.0. The third-order valence-corrected chi connectivity index (χ3v) is 4.99. The van der Waals surface area contributed by atoms with E-state index < -0.39 is 0 Å². The Bertz CT molecular complexity index is 678. The van der Waals surface area contributed by atoms with Gasteiger partial charge in [0.15, 0.2) is 0 Å². The number of amides is 1. The molecule has 3 rings (SSSR count). The summed E-state index contributed by atoms with van der Waals surface area (Å²) in [5.74, 6) is 0.850. The smallest absolute Gasteiger partial charge is 0.237 e. The third kappa shape index (κ3) is 3.47. The molecular formula is C19H27N3O2. The second-order valence-corrected chi connectivity index (χ2v) is 6.94. The molecule has 1 aromatic carbocycles. The number of furan rings is 1. The first-order valence-corrected chi connectivity index (χ1v) is 8.69. The predicted octanol–water partition coefficient (Wildman–Crippen LogP) is 2.63. The van der Waals surface area contributed by atoms with E-state index in [-0.39, 0.29) is 18.0 Å². The Labute approximate surface area is 143 Å². The fourth-order valence-electron chi connectivity index (χ4n) is 3.50. The quantitative estimate of drug-likeness (QED) is 0.937. The summed E-state index contributed by atoms with van der Waals surface area (Å²) in [4.78, 5) is 17.2. The fourth-order valence-corrected chi connectivity index (χ4v) is 3.50. The molecule has 1 aliphatic heterocycles. The largest absolute Gasteiger partial charge is 0.459 e. The second-order valence-electron chi connectivity index (χ2n) is 6.94. The molecule has 5 nitrogen and oxygen atoms in total. The van der Waals surface area contributed by atoms with Gasteiger partial charge in [0, 0.05) is 31.1 Å². The maximum atomic E-state index is 12.7. The van der Waals surface area contributed by atoms with Crippen LogP contribution in [0.3, 0.4) is 0 Å². The van der Waals surface area contributed by atoms with Crippen molar-refractivity contribution in [2.45, 2.75) is 38.9 Å². The normalized spacial score (nSPS) is 22.4. The van der Waals surface area contributed by atoms with Crippen molar-refractivity contribution in [1.29, 1.82) is 0 Å². The van der Waals surface area contributed by atoms with Crippen LogP contribution in [0.5, 0.6) is 0 Å². The number of piperazine rings is 1. The number of hydrogen-bond acceptors (Lipinski definition) is 4. The van der Waals surface area contributed by atoms with Crippen LogP contribution in [-0.2, 0) is 4.79 Å². The lowest BCUT2D eigenvalue weighted by atomic mass is 10.1. The van der Waals surface area contributed by atoms with Gasteiger partial charge in [0.05, 0.1) is 12.1 Å². The van der Waals surface area contributed by atoms with Crippen LogP contribution >= 0.6 is 0 Å². The van der Waals surface area contributed by atoms with Gasteiger partial charge >= 0.3 is 0 Å². The van der Waals surface area contributed by atoms with Crippen molar-refractivity contribution in [2.75, 3.05) is 26.7 Å². The summed E-state index contributed by atoms with van der Waals surface area (Å²) in [6, 6.07) is 10.0. The molecule has 1 aromatic heterocycles. The van der Waals surface area contributed by atoms with Gasteiger partial charge in [-0.25, -0.2) is 0 Å². The molecule has 1 aliphatic rings. The molecule has 2 heterocycles. The highest BCUT2D eigenvalue weighted by molar-refractivity contribution is 5.82. The topological polar surface area (TPSA) is 48.7 Å². The van der Waals surface area contributed by atoms with Crippen molar-refractivity contribution < 1.29 is 9.21 Å². The Morgan fingerprint density at radius 1 is 1.29 bits per heavy atom. The average molecular weight is 329 g/mol. The first-order chi connectivity index (χ1) is 11.5. The van der Waals surface area contributed by atoms with E-state index in [1.807, 2.05) is 44.2 Å². The van der Waals surface area contributed by atoms with Crippen molar-refractivity contribution in [2.24, 2.45) is 0 Å². The number of para-hydroxylation sites is 1. The number of rotatable bonds is 4. The number of carbonyl (C=O) groups excluding carboxylic acids is 1. The van der Waals surface area contributed by atoms with E-state index in [2.05, 4.69) is 29.1 Å². The van der Waals surface area contributed by atoms with Gasteiger partial charge in [-0.1, -0.05) is 18.2 Å². The standard InChI is InChI=1S/C19H27N3O2/c1-13-12-21(4)9-10-22(13)15(3)19(23)20-14(2)18-11-16-7-5-6-8-17(16)24-18/h5-8,11,13-15H,9-10,12H2,1-4H3,(H,20,23). The minimum absolute atomic E-state index is 0.0550. The maximum absolute atomic E-state index is 12.7. The fraction of sp³-hybridized carbons (Fsp3) is 0.526. The van der Waals surface area contributed by atoms with Gasteiger partial charge in [-0.05, 0) is 40.0 Å². The number of benzene rings is 1. The Kier molecular flexibility index (Phi) is 4.92. The molecule has 0 aliphatic carbocycles. The molecule has 0 bridgehead atoms. The van der Waals surface area contributed by atoms with E-state index in [4.69, 9.17) is 4.42 Å². The number of nitrogens with zero attached hydrogens (tertiary/aromatic N) is 2. The van der Waals surface area contributed by atoms with Gasteiger partial charge in [0.1, 0.15) is 11.3 Å². The summed E-state index contributed by atoms with van der Waals surface area (Å²) in [6.45, 7) is 9.06. The highest BCUT2D eigenvalue weighted by atomic mass is 16.3. The van der Waals surface area contributed by atoms with E-state index in [1.165, 1.54) is 0 Å². The molecule has 1 amide bonds. The number of carbonyl (C=O) groups is 1. The molecule has 3 unspecified atom stereocenters. The molecule has 0 saturated carbocycles. The summed E-state index contributed by atoms with van der Waals surface area (Å²) >= 11 is 0. The predicted molar refractivity (Wildman–Crippen MR) is 95.9 cm³/mol. The highest BCUT2D eigenvalue weighted by Gasteiger charge is 2.30. The number of nitrogens with one attached hydrogen (secondary N) is 1. The van der Waals surface area contributed by atoms with Crippen LogP contribution in [0.25, 0.3) is 11.0 Å². The average Bonchev–Trinajstić information content (AvgIpc) is 2.98. The minimum atomic E-state index is -0.143. The summed E-state index contributed by atoms with van der Waals surface area (Å²) in [5.41, 5.74) is 0.856.